The van der Waals surface area contributed by atoms with Gasteiger partial charge in [-0.1, -0.05) is 36.4 Å². The van der Waals surface area contributed by atoms with E-state index in [0.29, 0.717) is 13.1 Å². The summed E-state index contributed by atoms with van der Waals surface area (Å²) in [5.74, 6) is 0.739. The molecule has 5 nitrogen and oxygen atoms in total. The van der Waals surface area contributed by atoms with Crippen LogP contribution in [0, 0.1) is 5.41 Å². The Hall–Kier alpha value is -1.83. The zero-order chi connectivity index (χ0) is 19.9. The van der Waals surface area contributed by atoms with Crippen LogP contribution in [-0.2, 0) is 4.79 Å². The van der Waals surface area contributed by atoms with E-state index in [4.69, 9.17) is 0 Å². The molecule has 0 aliphatic heterocycles. The van der Waals surface area contributed by atoms with Gasteiger partial charge in [0.25, 0.3) is 0 Å². The Morgan fingerprint density at radius 3 is 2.32 bits per heavy atom. The van der Waals surface area contributed by atoms with Crippen molar-refractivity contribution in [1.29, 1.82) is 0 Å². The maximum absolute atomic E-state index is 12.2. The van der Waals surface area contributed by atoms with Crippen LogP contribution in [0.4, 0.5) is 0 Å². The van der Waals surface area contributed by atoms with Crippen LogP contribution in [0.2, 0.25) is 0 Å². The van der Waals surface area contributed by atoms with Crippen LogP contribution in [0.3, 0.4) is 0 Å². The van der Waals surface area contributed by atoms with E-state index >= 15 is 0 Å². The van der Waals surface area contributed by atoms with Gasteiger partial charge in [0, 0.05) is 13.1 Å². The number of hydrogen-bond acceptors (Lipinski definition) is 2. The number of carbonyl (C=O) groups is 1. The smallest absolute Gasteiger partial charge is 0.227 e. The summed E-state index contributed by atoms with van der Waals surface area (Å²) in [7, 11) is 0. The summed E-state index contributed by atoms with van der Waals surface area (Å²) in [6.45, 7) is 11.7. The molecule has 1 atom stereocenters. The molecule has 0 heterocycles. The topological polar surface area (TPSA) is 65.5 Å². The summed E-state index contributed by atoms with van der Waals surface area (Å²) in [5.41, 5.74) is 0.646. The number of hydrogen-bond donors (Lipinski definition) is 3. The molecular formula is C22H33IN4O. The third kappa shape index (κ3) is 6.65. The number of amides is 1. The lowest BCUT2D eigenvalue weighted by atomic mass is 9.92. The molecule has 154 valence electrons. The number of guanidine groups is 1. The molecule has 3 N–H and O–H groups in total. The quantitative estimate of drug-likeness (QED) is 0.305. The minimum Gasteiger partial charge on any atom is -0.357 e. The summed E-state index contributed by atoms with van der Waals surface area (Å²) in [6.07, 6.45) is 0. The molecule has 2 aromatic rings. The molecule has 0 fully saturated rings. The molecule has 0 aliphatic carbocycles. The van der Waals surface area contributed by atoms with Gasteiger partial charge in [-0.2, -0.15) is 0 Å². The third-order valence-electron chi connectivity index (χ3n) is 4.56. The number of nitrogens with one attached hydrogen (secondary N) is 3. The summed E-state index contributed by atoms with van der Waals surface area (Å²) >= 11 is 0. The first-order chi connectivity index (χ1) is 12.9. The Morgan fingerprint density at radius 2 is 1.68 bits per heavy atom. The van der Waals surface area contributed by atoms with Crippen LogP contribution in [-0.4, -0.2) is 31.5 Å². The molecule has 0 bridgehead atoms. The van der Waals surface area contributed by atoms with Crippen LogP contribution in [0.25, 0.3) is 10.8 Å². The molecule has 2 aromatic carbocycles. The van der Waals surface area contributed by atoms with Gasteiger partial charge in [0.2, 0.25) is 5.91 Å². The molecule has 2 rings (SSSR count). The van der Waals surface area contributed by atoms with Crippen molar-refractivity contribution in [3.05, 3.63) is 48.0 Å². The molecule has 6 heteroatoms. The summed E-state index contributed by atoms with van der Waals surface area (Å²) in [6, 6.07) is 14.9. The van der Waals surface area contributed by atoms with E-state index in [1.54, 1.807) is 0 Å². The van der Waals surface area contributed by atoms with Crippen LogP contribution in [0.1, 0.15) is 46.2 Å². The van der Waals surface area contributed by atoms with Crippen molar-refractivity contribution in [1.82, 2.24) is 16.0 Å². The first-order valence-electron chi connectivity index (χ1n) is 9.69. The fourth-order valence-corrected chi connectivity index (χ4v) is 2.83. The number of nitrogens with zero attached hydrogens (tertiary/aromatic N) is 1. The van der Waals surface area contributed by atoms with E-state index in [2.05, 4.69) is 70.3 Å². The highest BCUT2D eigenvalue weighted by atomic mass is 127. The standard InChI is InChI=1S/C22H32N4O.HI/c1-6-23-20(27)22(4,5)15-25-21(24-7-2)26-16(3)18-13-12-17-10-8-9-11-19(17)14-18;/h8-14,16H,6-7,15H2,1-5H3,(H,23,27)(H2,24,25,26);1H. The second-order valence-electron chi connectivity index (χ2n) is 7.41. The lowest BCUT2D eigenvalue weighted by molar-refractivity contribution is -0.128. The molecule has 0 aliphatic rings. The summed E-state index contributed by atoms with van der Waals surface area (Å²) in [5, 5.41) is 12.1. The second-order valence-corrected chi connectivity index (χ2v) is 7.41. The van der Waals surface area contributed by atoms with Crippen molar-refractivity contribution in [2.24, 2.45) is 10.4 Å². The van der Waals surface area contributed by atoms with E-state index in [-0.39, 0.29) is 35.9 Å². The Labute approximate surface area is 185 Å². The third-order valence-corrected chi connectivity index (χ3v) is 4.56. The fourth-order valence-electron chi connectivity index (χ4n) is 2.83. The first-order valence-corrected chi connectivity index (χ1v) is 9.69. The SMILES string of the molecule is CCNC(=O)C(C)(C)CN=C(NCC)NC(C)c1ccc2ccccc2c1.I. The highest BCUT2D eigenvalue weighted by Gasteiger charge is 2.27. The minimum atomic E-state index is -0.551. The van der Waals surface area contributed by atoms with Crippen LogP contribution < -0.4 is 16.0 Å². The monoisotopic (exact) mass is 496 g/mol. The first kappa shape index (κ1) is 24.2. The number of fused-ring (bicyclic) bond motifs is 1. The number of halogens is 1. The van der Waals surface area contributed by atoms with Gasteiger partial charge < -0.3 is 16.0 Å². The Balaban J connectivity index is 0.00000392. The average molecular weight is 496 g/mol. The van der Waals surface area contributed by atoms with Crippen molar-refractivity contribution in [3.8, 4) is 0 Å². The molecular weight excluding hydrogens is 463 g/mol. The van der Waals surface area contributed by atoms with Gasteiger partial charge in [0.05, 0.1) is 18.0 Å². The summed E-state index contributed by atoms with van der Waals surface area (Å²) < 4.78 is 0. The maximum Gasteiger partial charge on any atom is 0.227 e. The molecule has 0 saturated heterocycles. The fraction of sp³-hybridized carbons (Fsp3) is 0.455. The largest absolute Gasteiger partial charge is 0.357 e. The number of aliphatic imine (C=N–C) groups is 1. The lowest BCUT2D eigenvalue weighted by Gasteiger charge is -2.23. The highest BCUT2D eigenvalue weighted by Crippen LogP contribution is 2.20. The van der Waals surface area contributed by atoms with Gasteiger partial charge in [-0.15, -0.1) is 24.0 Å². The Bertz CT molecular complexity index is 804. The molecule has 0 saturated carbocycles. The highest BCUT2D eigenvalue weighted by molar-refractivity contribution is 14.0. The van der Waals surface area contributed by atoms with E-state index in [9.17, 15) is 4.79 Å². The normalized spacial score (nSPS) is 12.8. The van der Waals surface area contributed by atoms with E-state index in [1.807, 2.05) is 27.7 Å². The van der Waals surface area contributed by atoms with E-state index in [1.165, 1.54) is 16.3 Å². The van der Waals surface area contributed by atoms with Gasteiger partial charge in [-0.25, -0.2) is 0 Å². The molecule has 0 radical (unpaired) electrons. The van der Waals surface area contributed by atoms with Gasteiger partial charge in [-0.05, 0) is 57.0 Å². The van der Waals surface area contributed by atoms with Crippen molar-refractivity contribution in [2.75, 3.05) is 19.6 Å². The van der Waals surface area contributed by atoms with Crippen molar-refractivity contribution in [2.45, 2.75) is 40.7 Å². The molecule has 1 amide bonds. The predicted molar refractivity (Wildman–Crippen MR) is 129 cm³/mol. The van der Waals surface area contributed by atoms with Gasteiger partial charge in [0.1, 0.15) is 0 Å². The van der Waals surface area contributed by atoms with Crippen molar-refractivity contribution in [3.63, 3.8) is 0 Å². The van der Waals surface area contributed by atoms with Gasteiger partial charge >= 0.3 is 0 Å². The van der Waals surface area contributed by atoms with Crippen molar-refractivity contribution < 1.29 is 4.79 Å². The predicted octanol–water partition coefficient (Wildman–Crippen LogP) is 4.24. The van der Waals surface area contributed by atoms with Crippen LogP contribution in [0.5, 0.6) is 0 Å². The molecule has 28 heavy (non-hydrogen) atoms. The van der Waals surface area contributed by atoms with Gasteiger partial charge in [0.15, 0.2) is 5.96 Å². The molecule has 0 aromatic heterocycles. The number of benzene rings is 2. The van der Waals surface area contributed by atoms with E-state index in [0.717, 1.165) is 12.5 Å². The molecule has 1 unspecified atom stereocenters. The Morgan fingerprint density at radius 1 is 1.04 bits per heavy atom. The summed E-state index contributed by atoms with van der Waals surface area (Å²) in [4.78, 5) is 16.8. The zero-order valence-electron chi connectivity index (χ0n) is 17.5. The van der Waals surface area contributed by atoms with E-state index < -0.39 is 5.41 Å². The minimum absolute atomic E-state index is 0. The average Bonchev–Trinajstić information content (AvgIpc) is 2.66. The Kier molecular flexibility index (Phi) is 9.72. The van der Waals surface area contributed by atoms with Crippen molar-refractivity contribution >= 4 is 46.6 Å². The number of rotatable bonds is 7. The maximum atomic E-state index is 12.2. The lowest BCUT2D eigenvalue weighted by Crippen LogP contribution is -2.42. The van der Waals surface area contributed by atoms with Crippen LogP contribution in [0.15, 0.2) is 47.5 Å². The second kappa shape index (κ2) is 11.2. The molecule has 0 spiro atoms. The van der Waals surface area contributed by atoms with Gasteiger partial charge in [-0.3, -0.25) is 9.79 Å². The zero-order valence-corrected chi connectivity index (χ0v) is 19.8. The number of carbonyl (C=O) groups excluding carboxylic acids is 1. The van der Waals surface area contributed by atoms with Crippen LogP contribution >= 0.6 is 24.0 Å².